The Balaban J connectivity index is 2.56. The second kappa shape index (κ2) is 2.58. The van der Waals surface area contributed by atoms with Gasteiger partial charge in [0.05, 0.1) is 5.54 Å². The van der Waals surface area contributed by atoms with Crippen LogP contribution in [0, 0.1) is 0 Å². The van der Waals surface area contributed by atoms with E-state index in [0.717, 1.165) is 25.8 Å². The molecule has 0 spiro atoms. The molecule has 1 saturated heterocycles. The van der Waals surface area contributed by atoms with Crippen molar-refractivity contribution in [3.05, 3.63) is 0 Å². The highest BCUT2D eigenvalue weighted by molar-refractivity contribution is 5.84. The number of nitrogens with two attached hydrogens (primary N) is 1. The minimum Gasteiger partial charge on any atom is -0.368 e. The van der Waals surface area contributed by atoms with Gasteiger partial charge in [0.25, 0.3) is 0 Å². The standard InChI is InChI=1S/C7H14N2O/c1-7(6(8)10)4-2-3-5-9-7/h9H,2-5H2,1H3,(H2,8,10)/t7-/m1/s1. The Labute approximate surface area is 61.0 Å². The number of rotatable bonds is 1. The van der Waals surface area contributed by atoms with E-state index >= 15 is 0 Å². The normalized spacial score (nSPS) is 33.7. The van der Waals surface area contributed by atoms with Gasteiger partial charge in [0.15, 0.2) is 0 Å². The van der Waals surface area contributed by atoms with Crippen molar-refractivity contribution in [2.24, 2.45) is 5.73 Å². The Morgan fingerprint density at radius 2 is 2.30 bits per heavy atom. The third kappa shape index (κ3) is 1.29. The molecule has 3 nitrogen and oxygen atoms in total. The predicted octanol–water partition coefficient (Wildman–Crippen LogP) is 0.00390. The Bertz CT molecular complexity index is 139. The maximum atomic E-state index is 10.8. The lowest BCUT2D eigenvalue weighted by molar-refractivity contribution is -0.124. The summed E-state index contributed by atoms with van der Waals surface area (Å²) < 4.78 is 0. The van der Waals surface area contributed by atoms with Gasteiger partial charge in [0.1, 0.15) is 0 Å². The van der Waals surface area contributed by atoms with E-state index in [9.17, 15) is 4.79 Å². The molecular formula is C7H14N2O. The smallest absolute Gasteiger partial charge is 0.237 e. The monoisotopic (exact) mass is 142 g/mol. The van der Waals surface area contributed by atoms with Crippen LogP contribution >= 0.6 is 0 Å². The Kier molecular flexibility index (Phi) is 1.94. The third-order valence-corrected chi connectivity index (χ3v) is 2.16. The largest absolute Gasteiger partial charge is 0.368 e. The SMILES string of the molecule is C[C@]1(C(N)=O)CCCCN1. The summed E-state index contributed by atoms with van der Waals surface area (Å²) in [5.74, 6) is -0.229. The zero-order valence-corrected chi connectivity index (χ0v) is 6.31. The van der Waals surface area contributed by atoms with Gasteiger partial charge in [-0.15, -0.1) is 0 Å². The van der Waals surface area contributed by atoms with Gasteiger partial charge in [-0.3, -0.25) is 4.79 Å². The number of hydrogen-bond donors (Lipinski definition) is 2. The first kappa shape index (κ1) is 7.54. The van der Waals surface area contributed by atoms with Gasteiger partial charge in [-0.05, 0) is 32.7 Å². The summed E-state index contributed by atoms with van der Waals surface area (Å²) in [7, 11) is 0. The molecule has 0 saturated carbocycles. The first-order valence-corrected chi connectivity index (χ1v) is 3.70. The minimum atomic E-state index is -0.432. The van der Waals surface area contributed by atoms with Crippen molar-refractivity contribution in [2.45, 2.75) is 31.7 Å². The van der Waals surface area contributed by atoms with Crippen LogP contribution in [0.2, 0.25) is 0 Å². The number of amides is 1. The van der Waals surface area contributed by atoms with Crippen molar-refractivity contribution in [3.63, 3.8) is 0 Å². The second-order valence-electron chi connectivity index (χ2n) is 3.08. The van der Waals surface area contributed by atoms with Crippen molar-refractivity contribution in [1.29, 1.82) is 0 Å². The van der Waals surface area contributed by atoms with Crippen molar-refractivity contribution in [2.75, 3.05) is 6.54 Å². The molecule has 10 heavy (non-hydrogen) atoms. The topological polar surface area (TPSA) is 55.1 Å². The molecule has 0 radical (unpaired) electrons. The molecule has 1 amide bonds. The van der Waals surface area contributed by atoms with E-state index in [4.69, 9.17) is 5.73 Å². The molecule has 0 bridgehead atoms. The maximum absolute atomic E-state index is 10.8. The van der Waals surface area contributed by atoms with Crippen LogP contribution in [0.5, 0.6) is 0 Å². The fourth-order valence-electron chi connectivity index (χ4n) is 1.27. The third-order valence-electron chi connectivity index (χ3n) is 2.16. The van der Waals surface area contributed by atoms with E-state index in [2.05, 4.69) is 5.32 Å². The van der Waals surface area contributed by atoms with Crippen LogP contribution in [0.3, 0.4) is 0 Å². The molecule has 1 fully saturated rings. The van der Waals surface area contributed by atoms with Crippen LogP contribution in [-0.2, 0) is 4.79 Å². The van der Waals surface area contributed by atoms with Gasteiger partial charge >= 0.3 is 0 Å². The Hall–Kier alpha value is -0.570. The quantitative estimate of drug-likeness (QED) is 0.541. The fourth-order valence-corrected chi connectivity index (χ4v) is 1.27. The van der Waals surface area contributed by atoms with E-state index in [1.807, 2.05) is 6.92 Å². The average molecular weight is 142 g/mol. The van der Waals surface area contributed by atoms with Gasteiger partial charge in [-0.25, -0.2) is 0 Å². The summed E-state index contributed by atoms with van der Waals surface area (Å²) in [5, 5.41) is 3.12. The molecule has 1 atom stereocenters. The van der Waals surface area contributed by atoms with Gasteiger partial charge < -0.3 is 11.1 Å². The molecule has 58 valence electrons. The van der Waals surface area contributed by atoms with E-state index in [1.165, 1.54) is 0 Å². The van der Waals surface area contributed by atoms with E-state index in [-0.39, 0.29) is 5.91 Å². The maximum Gasteiger partial charge on any atom is 0.237 e. The molecule has 0 aromatic rings. The fraction of sp³-hybridized carbons (Fsp3) is 0.857. The van der Waals surface area contributed by atoms with Crippen molar-refractivity contribution < 1.29 is 4.79 Å². The molecule has 1 aliphatic rings. The van der Waals surface area contributed by atoms with E-state index in [0.29, 0.717) is 0 Å². The molecular weight excluding hydrogens is 128 g/mol. The molecule has 1 rings (SSSR count). The first-order valence-electron chi connectivity index (χ1n) is 3.70. The van der Waals surface area contributed by atoms with E-state index in [1.54, 1.807) is 0 Å². The number of nitrogens with one attached hydrogen (secondary N) is 1. The molecule has 3 heteroatoms. The van der Waals surface area contributed by atoms with E-state index < -0.39 is 5.54 Å². The molecule has 0 unspecified atom stereocenters. The zero-order chi connectivity index (χ0) is 7.61. The van der Waals surface area contributed by atoms with Crippen molar-refractivity contribution >= 4 is 5.91 Å². The molecule has 1 heterocycles. The summed E-state index contributed by atoms with van der Waals surface area (Å²) in [6.07, 6.45) is 3.14. The highest BCUT2D eigenvalue weighted by Gasteiger charge is 2.31. The summed E-state index contributed by atoms with van der Waals surface area (Å²) >= 11 is 0. The molecule has 0 aliphatic carbocycles. The van der Waals surface area contributed by atoms with Gasteiger partial charge in [0, 0.05) is 0 Å². The summed E-state index contributed by atoms with van der Waals surface area (Å²) in [6, 6.07) is 0. The van der Waals surface area contributed by atoms with Gasteiger partial charge in [-0.1, -0.05) is 0 Å². The summed E-state index contributed by atoms with van der Waals surface area (Å²) in [5.41, 5.74) is 4.77. The number of primary amides is 1. The van der Waals surface area contributed by atoms with Crippen LogP contribution in [0.15, 0.2) is 0 Å². The lowest BCUT2D eigenvalue weighted by Gasteiger charge is -2.31. The molecule has 1 aliphatic heterocycles. The van der Waals surface area contributed by atoms with Crippen LogP contribution in [0.25, 0.3) is 0 Å². The summed E-state index contributed by atoms with van der Waals surface area (Å²) in [6.45, 7) is 2.79. The zero-order valence-electron chi connectivity index (χ0n) is 6.31. The molecule has 0 aromatic carbocycles. The van der Waals surface area contributed by atoms with Crippen molar-refractivity contribution in [3.8, 4) is 0 Å². The van der Waals surface area contributed by atoms with Gasteiger partial charge in [-0.2, -0.15) is 0 Å². The van der Waals surface area contributed by atoms with Crippen LogP contribution in [0.4, 0.5) is 0 Å². The highest BCUT2D eigenvalue weighted by Crippen LogP contribution is 2.17. The highest BCUT2D eigenvalue weighted by atomic mass is 16.1. The molecule has 0 aromatic heterocycles. The van der Waals surface area contributed by atoms with Gasteiger partial charge in [0.2, 0.25) is 5.91 Å². The number of hydrogen-bond acceptors (Lipinski definition) is 2. The average Bonchev–Trinajstić information content (AvgIpc) is 1.89. The van der Waals surface area contributed by atoms with Crippen LogP contribution < -0.4 is 11.1 Å². The number of carbonyl (C=O) groups excluding carboxylic acids is 1. The number of piperidine rings is 1. The predicted molar refractivity (Wildman–Crippen MR) is 39.5 cm³/mol. The molecule has 3 N–H and O–H groups in total. The Morgan fingerprint density at radius 1 is 1.60 bits per heavy atom. The van der Waals surface area contributed by atoms with Crippen molar-refractivity contribution in [1.82, 2.24) is 5.32 Å². The lowest BCUT2D eigenvalue weighted by Crippen LogP contribution is -2.55. The van der Waals surface area contributed by atoms with Crippen LogP contribution in [0.1, 0.15) is 26.2 Å². The minimum absolute atomic E-state index is 0.229. The van der Waals surface area contributed by atoms with Crippen LogP contribution in [-0.4, -0.2) is 18.0 Å². The summed E-state index contributed by atoms with van der Waals surface area (Å²) in [4.78, 5) is 10.8. The lowest BCUT2D eigenvalue weighted by atomic mass is 9.90. The number of carbonyl (C=O) groups is 1. The Morgan fingerprint density at radius 3 is 2.60 bits per heavy atom. The first-order chi connectivity index (χ1) is 4.65. The second-order valence-corrected chi connectivity index (χ2v) is 3.08.